The Hall–Kier alpha value is -3.34. The van der Waals surface area contributed by atoms with Crippen molar-refractivity contribution in [3.63, 3.8) is 0 Å². The van der Waals surface area contributed by atoms with Gasteiger partial charge in [-0.3, -0.25) is 10.1 Å². The lowest BCUT2D eigenvalue weighted by atomic mass is 10.1. The first-order valence-corrected chi connectivity index (χ1v) is 7.18. The van der Waals surface area contributed by atoms with Gasteiger partial charge in [-0.1, -0.05) is 24.3 Å². The van der Waals surface area contributed by atoms with E-state index < -0.39 is 4.92 Å². The number of para-hydroxylation sites is 4. The highest BCUT2D eigenvalue weighted by molar-refractivity contribution is 5.92. The molecule has 0 saturated carbocycles. The van der Waals surface area contributed by atoms with E-state index in [2.05, 4.69) is 10.2 Å². The fraction of sp³-hybridized carbons (Fsp3) is 0. The van der Waals surface area contributed by atoms with Crippen LogP contribution in [0.3, 0.4) is 0 Å². The molecule has 111 valence electrons. The van der Waals surface area contributed by atoms with Crippen molar-refractivity contribution in [1.29, 1.82) is 0 Å². The van der Waals surface area contributed by atoms with Crippen molar-refractivity contribution < 1.29 is 4.92 Å². The van der Waals surface area contributed by atoms with E-state index in [1.807, 2.05) is 48.5 Å². The zero-order valence-corrected chi connectivity index (χ0v) is 12.1. The van der Waals surface area contributed by atoms with Crippen LogP contribution >= 0.6 is 0 Å². The quantitative estimate of drug-likeness (QED) is 0.389. The first-order chi connectivity index (χ1) is 11.2. The first kappa shape index (κ1) is 13.3. The fourth-order valence-electron chi connectivity index (χ4n) is 2.76. The number of anilines is 3. The standard InChI is InChI=1S/C18H12N3O2/c22-21(23)14-11-9-13(10-12-14)20-17-7-3-1-5-15(17)19-16-6-2-4-8-18(16)20/h1-12H. The average molecular weight is 302 g/mol. The van der Waals surface area contributed by atoms with Crippen molar-refractivity contribution in [2.45, 2.75) is 0 Å². The van der Waals surface area contributed by atoms with Crippen LogP contribution in [0.15, 0.2) is 72.8 Å². The molecule has 0 fully saturated rings. The Bertz CT molecular complexity index is 845. The average Bonchev–Trinajstić information content (AvgIpc) is 2.59. The molecule has 0 spiro atoms. The highest BCUT2D eigenvalue weighted by atomic mass is 16.6. The normalized spacial score (nSPS) is 12.1. The Balaban J connectivity index is 1.89. The summed E-state index contributed by atoms with van der Waals surface area (Å²) in [6, 6.07) is 22.3. The lowest BCUT2D eigenvalue weighted by Crippen LogP contribution is -2.17. The van der Waals surface area contributed by atoms with Crippen LogP contribution in [0.25, 0.3) is 0 Å². The molecular formula is C18H12N3O2. The molecule has 0 amide bonds. The molecule has 5 heteroatoms. The van der Waals surface area contributed by atoms with E-state index in [0.717, 1.165) is 28.4 Å². The minimum atomic E-state index is -0.392. The zero-order chi connectivity index (χ0) is 15.8. The summed E-state index contributed by atoms with van der Waals surface area (Å²) in [6.07, 6.45) is 0. The molecule has 1 heterocycles. The molecule has 3 aromatic rings. The second kappa shape index (κ2) is 5.14. The number of hydrogen-bond acceptors (Lipinski definition) is 3. The third-order valence-corrected chi connectivity index (χ3v) is 3.80. The van der Waals surface area contributed by atoms with E-state index in [0.29, 0.717) is 0 Å². The molecule has 0 saturated heterocycles. The molecule has 4 rings (SSSR count). The maximum absolute atomic E-state index is 10.9. The summed E-state index contributed by atoms with van der Waals surface area (Å²) in [4.78, 5) is 12.5. The molecule has 3 aromatic carbocycles. The van der Waals surface area contributed by atoms with Crippen LogP contribution in [0.5, 0.6) is 0 Å². The highest BCUT2D eigenvalue weighted by Crippen LogP contribution is 2.47. The minimum absolute atomic E-state index is 0.0806. The van der Waals surface area contributed by atoms with Gasteiger partial charge in [-0.2, -0.15) is 0 Å². The summed E-state index contributed by atoms with van der Waals surface area (Å²) < 4.78 is 0. The Morgan fingerprint density at radius 1 is 0.783 bits per heavy atom. The summed E-state index contributed by atoms with van der Waals surface area (Å²) >= 11 is 0. The Kier molecular flexibility index (Phi) is 2.98. The predicted molar refractivity (Wildman–Crippen MR) is 89.2 cm³/mol. The van der Waals surface area contributed by atoms with E-state index in [1.165, 1.54) is 12.1 Å². The van der Waals surface area contributed by atoms with Gasteiger partial charge in [-0.05, 0) is 36.4 Å². The van der Waals surface area contributed by atoms with E-state index in [4.69, 9.17) is 0 Å². The van der Waals surface area contributed by atoms with Gasteiger partial charge in [0.2, 0.25) is 0 Å². The van der Waals surface area contributed by atoms with Crippen LogP contribution in [0.1, 0.15) is 0 Å². The van der Waals surface area contributed by atoms with Gasteiger partial charge in [-0.15, -0.1) is 0 Å². The van der Waals surface area contributed by atoms with Gasteiger partial charge < -0.3 is 4.90 Å². The summed E-state index contributed by atoms with van der Waals surface area (Å²) in [7, 11) is 0. The van der Waals surface area contributed by atoms with Crippen molar-refractivity contribution in [1.82, 2.24) is 5.32 Å². The second-order valence-corrected chi connectivity index (χ2v) is 5.20. The van der Waals surface area contributed by atoms with Crippen LogP contribution in [-0.2, 0) is 0 Å². The molecular weight excluding hydrogens is 290 g/mol. The topological polar surface area (TPSA) is 60.5 Å². The zero-order valence-electron chi connectivity index (χ0n) is 12.1. The van der Waals surface area contributed by atoms with Crippen LogP contribution in [0.2, 0.25) is 0 Å². The lowest BCUT2D eigenvalue weighted by molar-refractivity contribution is -0.384. The van der Waals surface area contributed by atoms with Crippen molar-refractivity contribution in [2.75, 3.05) is 4.90 Å². The van der Waals surface area contributed by atoms with Gasteiger partial charge in [0.15, 0.2) is 0 Å². The Morgan fingerprint density at radius 2 is 1.30 bits per heavy atom. The largest absolute Gasteiger partial charge is 0.306 e. The SMILES string of the molecule is O=[N+]([O-])c1ccc(N2c3ccccc3[N]c3ccccc32)cc1. The molecule has 0 N–H and O–H groups in total. The van der Waals surface area contributed by atoms with Gasteiger partial charge in [0.05, 0.1) is 27.7 Å². The second-order valence-electron chi connectivity index (χ2n) is 5.20. The highest BCUT2D eigenvalue weighted by Gasteiger charge is 2.24. The summed E-state index contributed by atoms with van der Waals surface area (Å²) in [5, 5.41) is 15.5. The van der Waals surface area contributed by atoms with Crippen LogP contribution in [0.4, 0.5) is 34.1 Å². The molecule has 0 aromatic heterocycles. The third-order valence-electron chi connectivity index (χ3n) is 3.80. The molecule has 1 radical (unpaired) electrons. The molecule has 5 nitrogen and oxygen atoms in total. The fourth-order valence-corrected chi connectivity index (χ4v) is 2.76. The van der Waals surface area contributed by atoms with E-state index >= 15 is 0 Å². The van der Waals surface area contributed by atoms with Gasteiger partial charge in [0.25, 0.3) is 5.69 Å². The Labute approximate surface area is 133 Å². The van der Waals surface area contributed by atoms with Gasteiger partial charge in [-0.25, -0.2) is 5.32 Å². The molecule has 0 bridgehead atoms. The molecule has 0 aliphatic carbocycles. The van der Waals surface area contributed by atoms with Crippen molar-refractivity contribution in [3.8, 4) is 0 Å². The van der Waals surface area contributed by atoms with Crippen molar-refractivity contribution >= 4 is 34.1 Å². The molecule has 0 atom stereocenters. The molecule has 1 aliphatic rings. The molecule has 0 unspecified atom stereocenters. The lowest BCUT2D eigenvalue weighted by Gasteiger charge is -2.32. The predicted octanol–water partition coefficient (Wildman–Crippen LogP) is 4.95. The molecule has 23 heavy (non-hydrogen) atoms. The van der Waals surface area contributed by atoms with Crippen molar-refractivity contribution in [3.05, 3.63) is 82.9 Å². The van der Waals surface area contributed by atoms with E-state index in [1.54, 1.807) is 12.1 Å². The van der Waals surface area contributed by atoms with Gasteiger partial charge in [0.1, 0.15) is 0 Å². The summed E-state index contributed by atoms with van der Waals surface area (Å²) in [5.74, 6) is 0. The number of nitro groups is 1. The number of benzene rings is 3. The van der Waals surface area contributed by atoms with Gasteiger partial charge in [0, 0.05) is 17.8 Å². The van der Waals surface area contributed by atoms with E-state index in [9.17, 15) is 10.1 Å². The number of fused-ring (bicyclic) bond motifs is 2. The minimum Gasteiger partial charge on any atom is -0.306 e. The number of rotatable bonds is 2. The summed E-state index contributed by atoms with van der Waals surface area (Å²) in [6.45, 7) is 0. The number of non-ortho nitro benzene ring substituents is 1. The maximum atomic E-state index is 10.9. The van der Waals surface area contributed by atoms with E-state index in [-0.39, 0.29) is 5.69 Å². The summed E-state index contributed by atoms with van der Waals surface area (Å²) in [5.41, 5.74) is 4.62. The number of hydrogen-bond donors (Lipinski definition) is 0. The monoisotopic (exact) mass is 302 g/mol. The molecule has 1 aliphatic heterocycles. The smallest absolute Gasteiger partial charge is 0.269 e. The van der Waals surface area contributed by atoms with Crippen LogP contribution in [-0.4, -0.2) is 4.92 Å². The van der Waals surface area contributed by atoms with Crippen LogP contribution < -0.4 is 10.2 Å². The first-order valence-electron chi connectivity index (χ1n) is 7.18. The number of nitrogens with zero attached hydrogens (tertiary/aromatic N) is 3. The number of nitro benzene ring substituents is 1. The van der Waals surface area contributed by atoms with Crippen molar-refractivity contribution in [2.24, 2.45) is 0 Å². The third kappa shape index (κ3) is 2.19. The maximum Gasteiger partial charge on any atom is 0.269 e. The van der Waals surface area contributed by atoms with Gasteiger partial charge >= 0.3 is 0 Å². The Morgan fingerprint density at radius 3 is 1.83 bits per heavy atom. The van der Waals surface area contributed by atoms with Crippen LogP contribution in [0, 0.1) is 10.1 Å².